The topological polar surface area (TPSA) is 101 Å². The third-order valence-electron chi connectivity index (χ3n) is 9.54. The summed E-state index contributed by atoms with van der Waals surface area (Å²) in [6, 6.07) is 15.3. The van der Waals surface area contributed by atoms with Gasteiger partial charge in [0.05, 0.1) is 31.1 Å². The first kappa shape index (κ1) is 30.5. The number of aromatic nitrogens is 3. The standard InChI is InChI=1S/C37H35FN6O3S/c1-2-33(46)43-12-13-44-27(20-43)18-30(42-44)36-34(28-6-5-26(38)17-31(28)47-21-22-7-11-40-32(45)15-22)37-29(9-14-48-37)35(41-36)24-3-4-25-19-39-10-8-23(25)16-24/h2-6,9,14,16-18,22,39H,1,7-8,10-13,15,19-21H2,(H,40,45). The predicted octanol–water partition coefficient (Wildman–Crippen LogP) is 5.71. The summed E-state index contributed by atoms with van der Waals surface area (Å²) < 4.78 is 24.2. The summed E-state index contributed by atoms with van der Waals surface area (Å²) >= 11 is 1.61. The van der Waals surface area contributed by atoms with Crippen molar-refractivity contribution in [1.82, 2.24) is 30.3 Å². The lowest BCUT2D eigenvalue weighted by molar-refractivity contribution is -0.127. The highest BCUT2D eigenvalue weighted by Crippen LogP contribution is 2.46. The zero-order valence-electron chi connectivity index (χ0n) is 26.4. The summed E-state index contributed by atoms with van der Waals surface area (Å²) in [6.45, 7) is 7.86. The molecule has 0 saturated carbocycles. The molecule has 9 nitrogen and oxygen atoms in total. The van der Waals surface area contributed by atoms with Crippen LogP contribution in [-0.4, -0.2) is 57.7 Å². The molecule has 3 aliphatic rings. The van der Waals surface area contributed by atoms with Crippen LogP contribution in [0.1, 0.15) is 29.7 Å². The van der Waals surface area contributed by atoms with Gasteiger partial charge in [-0.25, -0.2) is 9.37 Å². The van der Waals surface area contributed by atoms with Crippen LogP contribution in [0.2, 0.25) is 0 Å². The Balaban J connectivity index is 1.29. The SMILES string of the molecule is C=CC(=O)N1CCn2nc(-c3nc(-c4ccc5c(c4)CCNC5)c4ccsc4c3-c3ccc(F)cc3OCC3CCNC(=O)C3)cc2C1. The summed E-state index contributed by atoms with van der Waals surface area (Å²) in [4.78, 5) is 31.7. The highest BCUT2D eigenvalue weighted by molar-refractivity contribution is 7.18. The number of carbonyl (C=O) groups is 2. The van der Waals surface area contributed by atoms with Crippen LogP contribution in [0.15, 0.2) is 66.6 Å². The van der Waals surface area contributed by atoms with Crippen molar-refractivity contribution in [1.29, 1.82) is 0 Å². The van der Waals surface area contributed by atoms with Crippen molar-refractivity contribution in [2.24, 2.45) is 5.92 Å². The number of hydrogen-bond acceptors (Lipinski definition) is 7. The minimum absolute atomic E-state index is 0.00669. The van der Waals surface area contributed by atoms with Gasteiger partial charge >= 0.3 is 0 Å². The Kier molecular flexibility index (Phi) is 8.01. The molecular formula is C37H35FN6O3S. The molecule has 2 amide bonds. The van der Waals surface area contributed by atoms with Gasteiger partial charge in [0.1, 0.15) is 23.0 Å². The van der Waals surface area contributed by atoms with Crippen LogP contribution in [0.25, 0.3) is 43.9 Å². The number of hydrogen-bond donors (Lipinski definition) is 2. The fraction of sp³-hybridized carbons (Fsp3) is 0.297. The molecule has 244 valence electrons. The summed E-state index contributed by atoms with van der Waals surface area (Å²) in [5.74, 6) is -0.0726. The summed E-state index contributed by atoms with van der Waals surface area (Å²) in [6.07, 6.45) is 3.47. The van der Waals surface area contributed by atoms with Crippen LogP contribution < -0.4 is 15.4 Å². The first-order chi connectivity index (χ1) is 23.4. The van der Waals surface area contributed by atoms with Gasteiger partial charge in [0.2, 0.25) is 11.8 Å². The van der Waals surface area contributed by atoms with Crippen molar-refractivity contribution in [3.05, 3.63) is 89.2 Å². The smallest absolute Gasteiger partial charge is 0.246 e. The number of thiophene rings is 1. The third-order valence-corrected chi connectivity index (χ3v) is 10.5. The van der Waals surface area contributed by atoms with Gasteiger partial charge in [-0.2, -0.15) is 5.10 Å². The molecule has 0 spiro atoms. The molecular weight excluding hydrogens is 628 g/mol. The molecule has 3 aliphatic heterocycles. The molecule has 0 bridgehead atoms. The van der Waals surface area contributed by atoms with Gasteiger partial charge in [-0.05, 0) is 72.3 Å². The normalized spacial score (nSPS) is 17.5. The minimum Gasteiger partial charge on any atom is -0.493 e. The van der Waals surface area contributed by atoms with E-state index in [4.69, 9.17) is 14.8 Å². The average Bonchev–Trinajstić information content (AvgIpc) is 3.77. The predicted molar refractivity (Wildman–Crippen MR) is 184 cm³/mol. The molecule has 2 aromatic carbocycles. The summed E-state index contributed by atoms with van der Waals surface area (Å²) in [7, 11) is 0. The number of benzene rings is 2. The largest absolute Gasteiger partial charge is 0.493 e. The molecule has 3 aromatic heterocycles. The Bertz CT molecular complexity index is 2090. The Labute approximate surface area is 281 Å². The first-order valence-corrected chi connectivity index (χ1v) is 17.2. The lowest BCUT2D eigenvalue weighted by Gasteiger charge is -2.26. The van der Waals surface area contributed by atoms with Crippen molar-refractivity contribution in [2.75, 3.05) is 26.2 Å². The maximum Gasteiger partial charge on any atom is 0.246 e. The molecule has 1 fully saturated rings. The van der Waals surface area contributed by atoms with Crippen LogP contribution >= 0.6 is 11.3 Å². The summed E-state index contributed by atoms with van der Waals surface area (Å²) in [5, 5.41) is 14.4. The maximum atomic E-state index is 14.9. The molecule has 2 N–H and O–H groups in total. The van der Waals surface area contributed by atoms with E-state index < -0.39 is 5.82 Å². The molecule has 6 heterocycles. The number of ether oxygens (including phenoxy) is 1. The van der Waals surface area contributed by atoms with Gasteiger partial charge in [0, 0.05) is 64.8 Å². The van der Waals surface area contributed by atoms with Gasteiger partial charge in [0.15, 0.2) is 0 Å². The highest BCUT2D eigenvalue weighted by Gasteiger charge is 2.28. The van der Waals surface area contributed by atoms with Gasteiger partial charge in [-0.1, -0.05) is 18.7 Å². The van der Waals surface area contributed by atoms with E-state index in [-0.39, 0.29) is 17.7 Å². The molecule has 8 rings (SSSR count). The monoisotopic (exact) mass is 662 g/mol. The first-order valence-electron chi connectivity index (χ1n) is 16.4. The molecule has 1 saturated heterocycles. The Hall–Kier alpha value is -4.87. The van der Waals surface area contributed by atoms with Crippen molar-refractivity contribution in [2.45, 2.75) is 38.9 Å². The van der Waals surface area contributed by atoms with Crippen LogP contribution in [0, 0.1) is 11.7 Å². The van der Waals surface area contributed by atoms with Crippen molar-refractivity contribution in [3.8, 4) is 39.5 Å². The second kappa shape index (κ2) is 12.6. The van der Waals surface area contributed by atoms with Crippen molar-refractivity contribution < 1.29 is 18.7 Å². The molecule has 48 heavy (non-hydrogen) atoms. The fourth-order valence-corrected chi connectivity index (χ4v) is 7.98. The second-order valence-corrected chi connectivity index (χ2v) is 13.5. The van der Waals surface area contributed by atoms with Crippen molar-refractivity contribution in [3.63, 3.8) is 0 Å². The number of rotatable bonds is 7. The number of halogens is 1. The lowest BCUT2D eigenvalue weighted by atomic mass is 9.94. The van der Waals surface area contributed by atoms with E-state index in [2.05, 4.69) is 46.9 Å². The van der Waals surface area contributed by atoms with Crippen LogP contribution in [-0.2, 0) is 35.6 Å². The fourth-order valence-electron chi connectivity index (χ4n) is 7.03. The van der Waals surface area contributed by atoms with E-state index in [1.54, 1.807) is 22.3 Å². The molecule has 5 aromatic rings. The Morgan fingerprint density at radius 3 is 2.90 bits per heavy atom. The molecule has 1 unspecified atom stereocenters. The van der Waals surface area contributed by atoms with Gasteiger partial charge < -0.3 is 20.3 Å². The highest BCUT2D eigenvalue weighted by atomic mass is 32.1. The summed E-state index contributed by atoms with van der Waals surface area (Å²) in [5.41, 5.74) is 8.27. The molecule has 1 atom stereocenters. The van der Waals surface area contributed by atoms with Gasteiger partial charge in [-0.15, -0.1) is 11.3 Å². The van der Waals surface area contributed by atoms with E-state index in [9.17, 15) is 14.0 Å². The zero-order chi connectivity index (χ0) is 32.8. The van der Waals surface area contributed by atoms with Crippen LogP contribution in [0.5, 0.6) is 5.75 Å². The number of amides is 2. The Morgan fingerprint density at radius 2 is 2.02 bits per heavy atom. The lowest BCUT2D eigenvalue weighted by Crippen LogP contribution is -2.37. The van der Waals surface area contributed by atoms with Gasteiger partial charge in [0.25, 0.3) is 0 Å². The van der Waals surface area contributed by atoms with Crippen LogP contribution in [0.3, 0.4) is 0 Å². The number of pyridine rings is 1. The average molecular weight is 663 g/mol. The molecule has 11 heteroatoms. The maximum absolute atomic E-state index is 14.9. The van der Waals surface area contributed by atoms with Gasteiger partial charge in [-0.3, -0.25) is 14.3 Å². The quantitative estimate of drug-likeness (QED) is 0.217. The van der Waals surface area contributed by atoms with E-state index >= 15 is 0 Å². The molecule has 0 radical (unpaired) electrons. The number of nitrogens with one attached hydrogen (secondary N) is 2. The van der Waals surface area contributed by atoms with E-state index in [1.165, 1.54) is 29.3 Å². The zero-order valence-corrected chi connectivity index (χ0v) is 27.2. The number of nitrogens with zero attached hydrogens (tertiary/aromatic N) is 4. The molecule has 0 aliphatic carbocycles. The van der Waals surface area contributed by atoms with Crippen molar-refractivity contribution >= 4 is 33.2 Å². The Morgan fingerprint density at radius 1 is 1.10 bits per heavy atom. The number of piperidine rings is 1. The third kappa shape index (κ3) is 5.67. The second-order valence-electron chi connectivity index (χ2n) is 12.6. The number of carbonyl (C=O) groups excluding carboxylic acids is 2. The van der Waals surface area contributed by atoms with E-state index in [1.807, 2.05) is 10.7 Å². The number of fused-ring (bicyclic) bond motifs is 3. The van der Waals surface area contributed by atoms with E-state index in [0.717, 1.165) is 58.5 Å². The van der Waals surface area contributed by atoms with Crippen LogP contribution in [0.4, 0.5) is 4.39 Å². The minimum atomic E-state index is -0.406. The van der Waals surface area contributed by atoms with E-state index in [0.29, 0.717) is 61.9 Å².